The first-order chi connectivity index (χ1) is 11.7. The van der Waals surface area contributed by atoms with E-state index in [0.29, 0.717) is 31.7 Å². The van der Waals surface area contributed by atoms with Crippen LogP contribution >= 0.6 is 0 Å². The van der Waals surface area contributed by atoms with E-state index >= 15 is 0 Å². The molecular weight excluding hydrogens is 306 g/mol. The lowest BCUT2D eigenvalue weighted by molar-refractivity contribution is -0.131. The lowest BCUT2D eigenvalue weighted by Gasteiger charge is -2.47. The average molecular weight is 329 g/mol. The molecule has 0 bridgehead atoms. The van der Waals surface area contributed by atoms with Crippen molar-refractivity contribution in [1.29, 1.82) is 0 Å². The number of nitrogens with zero attached hydrogens (tertiary/aromatic N) is 3. The van der Waals surface area contributed by atoms with Gasteiger partial charge in [0.1, 0.15) is 5.60 Å². The molecular formula is C18H23N3O3. The van der Waals surface area contributed by atoms with E-state index in [4.69, 9.17) is 4.74 Å². The van der Waals surface area contributed by atoms with Crippen LogP contribution < -0.4 is 0 Å². The number of ether oxygens (including phenoxy) is 1. The van der Waals surface area contributed by atoms with Crippen molar-refractivity contribution in [2.24, 2.45) is 5.92 Å². The standard InChI is InChI=1S/C18H23N3O3/c22-16(20-7-1-2-8-20)9-14-10-18(24-11-14)12-21(13-18)17(23)15-3-5-19-6-4-15/h3-6,14H,1-2,7-13H2. The van der Waals surface area contributed by atoms with Crippen molar-refractivity contribution >= 4 is 11.8 Å². The molecule has 1 spiro atoms. The number of pyridine rings is 1. The van der Waals surface area contributed by atoms with E-state index in [-0.39, 0.29) is 23.3 Å². The Hall–Kier alpha value is -1.95. The molecule has 6 nitrogen and oxygen atoms in total. The molecule has 0 N–H and O–H groups in total. The molecule has 3 saturated heterocycles. The molecule has 1 aromatic rings. The Kier molecular flexibility index (Phi) is 4.00. The van der Waals surface area contributed by atoms with Gasteiger partial charge in [-0.15, -0.1) is 0 Å². The molecule has 0 aliphatic carbocycles. The van der Waals surface area contributed by atoms with Gasteiger partial charge < -0.3 is 14.5 Å². The van der Waals surface area contributed by atoms with E-state index in [1.54, 1.807) is 24.5 Å². The van der Waals surface area contributed by atoms with E-state index in [1.807, 2.05) is 9.80 Å². The fraction of sp³-hybridized carbons (Fsp3) is 0.611. The average Bonchev–Trinajstić information content (AvgIpc) is 3.23. The SMILES string of the molecule is O=C(CC1COC2(C1)CN(C(=O)c1ccncc1)C2)N1CCCC1. The molecule has 0 aromatic carbocycles. The summed E-state index contributed by atoms with van der Waals surface area (Å²) in [6, 6.07) is 3.47. The first kappa shape index (κ1) is 15.6. The zero-order valence-electron chi connectivity index (χ0n) is 13.8. The molecule has 4 rings (SSSR count). The second-order valence-corrected chi connectivity index (χ2v) is 7.25. The van der Waals surface area contributed by atoms with Crippen LogP contribution in [0.4, 0.5) is 0 Å². The smallest absolute Gasteiger partial charge is 0.254 e. The minimum atomic E-state index is -0.224. The van der Waals surface area contributed by atoms with Gasteiger partial charge in [-0.05, 0) is 37.3 Å². The summed E-state index contributed by atoms with van der Waals surface area (Å²) >= 11 is 0. The van der Waals surface area contributed by atoms with E-state index in [1.165, 1.54) is 0 Å². The van der Waals surface area contributed by atoms with Gasteiger partial charge >= 0.3 is 0 Å². The Balaban J connectivity index is 1.28. The van der Waals surface area contributed by atoms with E-state index < -0.39 is 0 Å². The molecule has 1 unspecified atom stereocenters. The molecule has 3 aliphatic rings. The van der Waals surface area contributed by atoms with Crippen molar-refractivity contribution in [3.63, 3.8) is 0 Å². The quantitative estimate of drug-likeness (QED) is 0.839. The van der Waals surface area contributed by atoms with Gasteiger partial charge in [0, 0.05) is 37.5 Å². The highest BCUT2D eigenvalue weighted by Crippen LogP contribution is 2.39. The molecule has 0 radical (unpaired) electrons. The van der Waals surface area contributed by atoms with Gasteiger partial charge in [-0.25, -0.2) is 0 Å². The summed E-state index contributed by atoms with van der Waals surface area (Å²) in [5.74, 6) is 0.585. The number of carbonyl (C=O) groups excluding carboxylic acids is 2. The number of hydrogen-bond acceptors (Lipinski definition) is 4. The van der Waals surface area contributed by atoms with Gasteiger partial charge in [0.25, 0.3) is 5.91 Å². The summed E-state index contributed by atoms with van der Waals surface area (Å²) in [7, 11) is 0. The Labute approximate surface area is 141 Å². The molecule has 2 amide bonds. The molecule has 3 aliphatic heterocycles. The largest absolute Gasteiger partial charge is 0.371 e. The highest BCUT2D eigenvalue weighted by atomic mass is 16.5. The zero-order chi connectivity index (χ0) is 16.6. The molecule has 1 aromatic heterocycles. The summed E-state index contributed by atoms with van der Waals surface area (Å²) in [4.78, 5) is 32.4. The second-order valence-electron chi connectivity index (χ2n) is 7.25. The lowest BCUT2D eigenvalue weighted by atomic mass is 9.85. The Bertz CT molecular complexity index is 622. The van der Waals surface area contributed by atoms with Crippen LogP contribution in [0.25, 0.3) is 0 Å². The Morgan fingerprint density at radius 2 is 1.88 bits per heavy atom. The van der Waals surface area contributed by atoms with Crippen LogP contribution in [-0.2, 0) is 9.53 Å². The minimum Gasteiger partial charge on any atom is -0.371 e. The van der Waals surface area contributed by atoms with Crippen LogP contribution in [-0.4, -0.2) is 65.0 Å². The Morgan fingerprint density at radius 1 is 1.17 bits per heavy atom. The normalized spacial score (nSPS) is 25.1. The van der Waals surface area contributed by atoms with Crippen molar-refractivity contribution in [2.45, 2.75) is 31.3 Å². The number of aromatic nitrogens is 1. The zero-order valence-corrected chi connectivity index (χ0v) is 13.8. The third-order valence-electron chi connectivity index (χ3n) is 5.38. The predicted octanol–water partition coefficient (Wildman–Crippen LogP) is 1.33. The lowest BCUT2D eigenvalue weighted by Crippen LogP contribution is -2.63. The van der Waals surface area contributed by atoms with E-state index in [0.717, 1.165) is 32.4 Å². The maximum atomic E-state index is 12.4. The fourth-order valence-corrected chi connectivity index (χ4v) is 4.10. The van der Waals surface area contributed by atoms with E-state index in [9.17, 15) is 9.59 Å². The predicted molar refractivity (Wildman–Crippen MR) is 87.4 cm³/mol. The monoisotopic (exact) mass is 329 g/mol. The highest BCUT2D eigenvalue weighted by molar-refractivity contribution is 5.94. The van der Waals surface area contributed by atoms with Crippen LogP contribution in [0.5, 0.6) is 0 Å². The molecule has 24 heavy (non-hydrogen) atoms. The number of carbonyl (C=O) groups is 2. The van der Waals surface area contributed by atoms with Crippen LogP contribution in [0, 0.1) is 5.92 Å². The summed E-state index contributed by atoms with van der Waals surface area (Å²) in [6.45, 7) is 3.71. The molecule has 128 valence electrons. The van der Waals surface area contributed by atoms with Gasteiger partial charge in [0.15, 0.2) is 0 Å². The summed E-state index contributed by atoms with van der Waals surface area (Å²) in [6.07, 6.45) is 6.99. The van der Waals surface area contributed by atoms with Crippen LogP contribution in [0.1, 0.15) is 36.0 Å². The summed E-state index contributed by atoms with van der Waals surface area (Å²) in [5, 5.41) is 0. The van der Waals surface area contributed by atoms with Crippen molar-refractivity contribution < 1.29 is 14.3 Å². The van der Waals surface area contributed by atoms with Gasteiger partial charge in [-0.2, -0.15) is 0 Å². The van der Waals surface area contributed by atoms with Gasteiger partial charge in [-0.1, -0.05) is 0 Å². The van der Waals surface area contributed by atoms with E-state index in [2.05, 4.69) is 4.98 Å². The van der Waals surface area contributed by atoms with Crippen molar-refractivity contribution in [1.82, 2.24) is 14.8 Å². The highest BCUT2D eigenvalue weighted by Gasteiger charge is 2.51. The topological polar surface area (TPSA) is 62.7 Å². The van der Waals surface area contributed by atoms with Crippen LogP contribution in [0.2, 0.25) is 0 Å². The number of amides is 2. The van der Waals surface area contributed by atoms with Gasteiger partial charge in [0.2, 0.25) is 5.91 Å². The van der Waals surface area contributed by atoms with Crippen LogP contribution in [0.3, 0.4) is 0 Å². The summed E-state index contributed by atoms with van der Waals surface area (Å²) < 4.78 is 5.99. The number of likely N-dealkylation sites (tertiary alicyclic amines) is 2. The number of hydrogen-bond donors (Lipinski definition) is 0. The van der Waals surface area contributed by atoms with Crippen molar-refractivity contribution in [2.75, 3.05) is 32.8 Å². The number of rotatable bonds is 3. The van der Waals surface area contributed by atoms with Crippen molar-refractivity contribution in [3.05, 3.63) is 30.1 Å². The maximum absolute atomic E-state index is 12.4. The minimum absolute atomic E-state index is 0.0308. The molecule has 1 atom stereocenters. The Morgan fingerprint density at radius 3 is 2.58 bits per heavy atom. The molecule has 4 heterocycles. The summed E-state index contributed by atoms with van der Waals surface area (Å²) in [5.41, 5.74) is 0.442. The molecule has 3 fully saturated rings. The first-order valence-corrected chi connectivity index (χ1v) is 8.76. The third-order valence-corrected chi connectivity index (χ3v) is 5.38. The second kappa shape index (κ2) is 6.16. The van der Waals surface area contributed by atoms with Gasteiger partial charge in [0.05, 0.1) is 19.7 Å². The third kappa shape index (κ3) is 2.90. The fourth-order valence-electron chi connectivity index (χ4n) is 4.10. The van der Waals surface area contributed by atoms with Gasteiger partial charge in [-0.3, -0.25) is 14.6 Å². The molecule has 6 heteroatoms. The first-order valence-electron chi connectivity index (χ1n) is 8.76. The maximum Gasteiger partial charge on any atom is 0.254 e. The van der Waals surface area contributed by atoms with Crippen molar-refractivity contribution in [3.8, 4) is 0 Å². The van der Waals surface area contributed by atoms with Crippen LogP contribution in [0.15, 0.2) is 24.5 Å². The molecule has 0 saturated carbocycles.